The molecule has 0 aromatic carbocycles. The Labute approximate surface area is 91.5 Å². The van der Waals surface area contributed by atoms with E-state index in [1.54, 1.807) is 6.07 Å². The molecule has 2 heterocycles. The van der Waals surface area contributed by atoms with E-state index >= 15 is 0 Å². The van der Waals surface area contributed by atoms with Crippen LogP contribution in [0.5, 0.6) is 0 Å². The first-order valence-corrected chi connectivity index (χ1v) is 4.55. The van der Waals surface area contributed by atoms with Crippen molar-refractivity contribution in [3.8, 4) is 0 Å². The fourth-order valence-corrected chi connectivity index (χ4v) is 1.29. The quantitative estimate of drug-likeness (QED) is 0.586. The van der Waals surface area contributed by atoms with Crippen LogP contribution < -0.4 is 16.6 Å². The second-order valence-electron chi connectivity index (χ2n) is 3.11. The summed E-state index contributed by atoms with van der Waals surface area (Å²) in [6.07, 6.45) is 4.41. The molecule has 0 atom stereocenters. The Morgan fingerprint density at radius 2 is 2.06 bits per heavy atom. The van der Waals surface area contributed by atoms with Gasteiger partial charge < -0.3 is 5.73 Å². The van der Waals surface area contributed by atoms with Gasteiger partial charge in [0.1, 0.15) is 0 Å². The van der Waals surface area contributed by atoms with Gasteiger partial charge in [0.15, 0.2) is 11.6 Å². The smallest absolute Gasteiger partial charge is 0.183 e. The van der Waals surface area contributed by atoms with Gasteiger partial charge in [-0.3, -0.25) is 9.99 Å². The van der Waals surface area contributed by atoms with Crippen LogP contribution in [0, 0.1) is 5.82 Å². The topological polar surface area (TPSA) is 81.1 Å². The second-order valence-corrected chi connectivity index (χ2v) is 3.11. The third-order valence-electron chi connectivity index (χ3n) is 2.05. The molecule has 0 amide bonds. The summed E-state index contributed by atoms with van der Waals surface area (Å²) in [5.74, 6) is 5.24. The number of aromatic nitrogens is 2. The van der Waals surface area contributed by atoms with Crippen molar-refractivity contribution in [1.82, 2.24) is 9.97 Å². The number of hydrazine groups is 1. The molecular weight excluding hydrogens is 209 g/mol. The van der Waals surface area contributed by atoms with Gasteiger partial charge in [-0.25, -0.2) is 15.2 Å². The lowest BCUT2D eigenvalue weighted by Gasteiger charge is -2.19. The van der Waals surface area contributed by atoms with E-state index in [4.69, 9.17) is 11.6 Å². The van der Waals surface area contributed by atoms with Crippen molar-refractivity contribution in [3.05, 3.63) is 42.6 Å². The van der Waals surface area contributed by atoms with E-state index in [0.29, 0.717) is 11.4 Å². The molecule has 0 saturated heterocycles. The Hall–Kier alpha value is -2.21. The average molecular weight is 219 g/mol. The molecule has 16 heavy (non-hydrogen) atoms. The number of rotatable bonds is 2. The SMILES string of the molecule is Nc1cnccc1N(N)c1ncccc1F. The molecule has 0 spiro atoms. The van der Waals surface area contributed by atoms with Crippen molar-refractivity contribution < 1.29 is 4.39 Å². The number of anilines is 3. The van der Waals surface area contributed by atoms with Gasteiger partial charge in [-0.15, -0.1) is 0 Å². The highest BCUT2D eigenvalue weighted by molar-refractivity contribution is 5.71. The first-order valence-electron chi connectivity index (χ1n) is 4.55. The summed E-state index contributed by atoms with van der Waals surface area (Å²) in [5, 5.41) is 1.09. The van der Waals surface area contributed by atoms with Crippen LogP contribution in [0.2, 0.25) is 0 Å². The molecule has 0 saturated carbocycles. The molecule has 0 aliphatic rings. The lowest BCUT2D eigenvalue weighted by Crippen LogP contribution is -2.27. The minimum absolute atomic E-state index is 0.0143. The Kier molecular flexibility index (Phi) is 2.65. The van der Waals surface area contributed by atoms with E-state index in [-0.39, 0.29) is 5.82 Å². The number of nitrogen functional groups attached to an aromatic ring is 1. The van der Waals surface area contributed by atoms with Crippen LogP contribution >= 0.6 is 0 Å². The van der Waals surface area contributed by atoms with Gasteiger partial charge in [0.2, 0.25) is 0 Å². The van der Waals surface area contributed by atoms with Crippen LogP contribution in [0.25, 0.3) is 0 Å². The minimum Gasteiger partial charge on any atom is -0.396 e. The largest absolute Gasteiger partial charge is 0.396 e. The van der Waals surface area contributed by atoms with Crippen molar-refractivity contribution in [1.29, 1.82) is 0 Å². The van der Waals surface area contributed by atoms with Gasteiger partial charge in [-0.05, 0) is 18.2 Å². The van der Waals surface area contributed by atoms with E-state index in [0.717, 1.165) is 5.01 Å². The number of pyridine rings is 2. The van der Waals surface area contributed by atoms with Gasteiger partial charge in [-0.1, -0.05) is 0 Å². The molecule has 2 rings (SSSR count). The van der Waals surface area contributed by atoms with Gasteiger partial charge in [0, 0.05) is 12.4 Å². The third-order valence-corrected chi connectivity index (χ3v) is 2.05. The molecule has 0 bridgehead atoms. The number of hydrogen-bond acceptors (Lipinski definition) is 5. The Bertz CT molecular complexity index is 457. The van der Waals surface area contributed by atoms with Crippen molar-refractivity contribution >= 4 is 17.2 Å². The standard InChI is InChI=1S/C10H10FN5/c11-7-2-1-4-15-10(7)16(13)9-3-5-14-6-8(9)12/h1-6H,12-13H2. The summed E-state index contributed by atoms with van der Waals surface area (Å²) in [6.45, 7) is 0. The predicted octanol–water partition coefficient (Wildman–Crippen LogP) is 1.21. The molecule has 4 N–H and O–H groups in total. The highest BCUT2D eigenvalue weighted by atomic mass is 19.1. The molecule has 0 aliphatic carbocycles. The Balaban J connectivity index is 2.44. The summed E-state index contributed by atoms with van der Waals surface area (Å²) in [5.41, 5.74) is 6.48. The average Bonchev–Trinajstić information content (AvgIpc) is 2.29. The highest BCUT2D eigenvalue weighted by Gasteiger charge is 2.13. The number of halogens is 1. The molecule has 6 heteroatoms. The van der Waals surface area contributed by atoms with Gasteiger partial charge >= 0.3 is 0 Å². The maximum atomic E-state index is 13.4. The van der Waals surface area contributed by atoms with Crippen molar-refractivity contribution in [3.63, 3.8) is 0 Å². The maximum absolute atomic E-state index is 13.4. The summed E-state index contributed by atoms with van der Waals surface area (Å²) in [6, 6.07) is 4.35. The predicted molar refractivity (Wildman–Crippen MR) is 59.2 cm³/mol. The summed E-state index contributed by atoms with van der Waals surface area (Å²) in [7, 11) is 0. The van der Waals surface area contributed by atoms with Crippen LogP contribution in [-0.2, 0) is 0 Å². The van der Waals surface area contributed by atoms with Crippen molar-refractivity contribution in [2.45, 2.75) is 0 Å². The first-order chi connectivity index (χ1) is 7.70. The zero-order valence-corrected chi connectivity index (χ0v) is 8.34. The molecule has 2 aromatic heterocycles. The fourth-order valence-electron chi connectivity index (χ4n) is 1.29. The zero-order valence-electron chi connectivity index (χ0n) is 8.34. The van der Waals surface area contributed by atoms with E-state index in [9.17, 15) is 4.39 Å². The number of nitrogens with two attached hydrogens (primary N) is 2. The lowest BCUT2D eigenvalue weighted by molar-refractivity contribution is 0.619. The fraction of sp³-hybridized carbons (Fsp3) is 0. The van der Waals surface area contributed by atoms with Crippen LogP contribution in [0.1, 0.15) is 0 Å². The normalized spacial score (nSPS) is 10.1. The monoisotopic (exact) mass is 219 g/mol. The molecule has 82 valence electrons. The van der Waals surface area contributed by atoms with Gasteiger partial charge in [0.05, 0.1) is 17.6 Å². The van der Waals surface area contributed by atoms with Gasteiger partial charge in [0.25, 0.3) is 0 Å². The zero-order chi connectivity index (χ0) is 11.5. The van der Waals surface area contributed by atoms with Crippen molar-refractivity contribution in [2.24, 2.45) is 5.84 Å². The molecule has 0 aliphatic heterocycles. The van der Waals surface area contributed by atoms with E-state index in [1.165, 1.54) is 30.7 Å². The highest BCUT2D eigenvalue weighted by Crippen LogP contribution is 2.26. The first kappa shape index (κ1) is 10.3. The molecule has 5 nitrogen and oxygen atoms in total. The third kappa shape index (κ3) is 1.78. The van der Waals surface area contributed by atoms with Gasteiger partial charge in [-0.2, -0.15) is 0 Å². The van der Waals surface area contributed by atoms with Crippen LogP contribution in [0.3, 0.4) is 0 Å². The van der Waals surface area contributed by atoms with Crippen LogP contribution in [0.15, 0.2) is 36.8 Å². The van der Waals surface area contributed by atoms with Crippen LogP contribution in [0.4, 0.5) is 21.6 Å². The minimum atomic E-state index is -0.513. The molecule has 0 radical (unpaired) electrons. The van der Waals surface area contributed by atoms with E-state index < -0.39 is 5.82 Å². The van der Waals surface area contributed by atoms with E-state index in [2.05, 4.69) is 9.97 Å². The second kappa shape index (κ2) is 4.11. The summed E-state index contributed by atoms with van der Waals surface area (Å²) < 4.78 is 13.4. The maximum Gasteiger partial charge on any atom is 0.183 e. The van der Waals surface area contributed by atoms with Crippen LogP contribution in [-0.4, -0.2) is 9.97 Å². The Morgan fingerprint density at radius 3 is 2.75 bits per heavy atom. The molecule has 2 aromatic rings. The lowest BCUT2D eigenvalue weighted by atomic mass is 10.3. The molecule has 0 fully saturated rings. The Morgan fingerprint density at radius 1 is 1.25 bits per heavy atom. The number of hydrogen-bond donors (Lipinski definition) is 2. The van der Waals surface area contributed by atoms with Crippen molar-refractivity contribution in [2.75, 3.05) is 10.7 Å². The molecular formula is C10H10FN5. The number of nitrogens with zero attached hydrogens (tertiary/aromatic N) is 3. The summed E-state index contributed by atoms with van der Waals surface area (Å²) in [4.78, 5) is 7.67. The van der Waals surface area contributed by atoms with E-state index in [1.807, 2.05) is 0 Å². The summed E-state index contributed by atoms with van der Waals surface area (Å²) >= 11 is 0. The molecule has 0 unspecified atom stereocenters.